The monoisotopic (exact) mass is 269 g/mol. The van der Waals surface area contributed by atoms with Gasteiger partial charge in [-0.25, -0.2) is 4.39 Å². The summed E-state index contributed by atoms with van der Waals surface area (Å²) < 4.78 is 13.7. The first-order chi connectivity index (χ1) is 9.74. The molecule has 0 amide bonds. The smallest absolute Gasteiger partial charge is 0.137 e. The minimum Gasteiger partial charge on any atom is -0.311 e. The van der Waals surface area contributed by atoms with Crippen LogP contribution < -0.4 is 5.32 Å². The van der Waals surface area contributed by atoms with Crippen molar-refractivity contribution in [2.45, 2.75) is 12.5 Å². The molecule has 0 aromatic heterocycles. The van der Waals surface area contributed by atoms with Crippen LogP contribution in [0.1, 0.15) is 12.0 Å². The largest absolute Gasteiger partial charge is 0.311 e. The lowest BCUT2D eigenvalue weighted by molar-refractivity contribution is -0.109. The third-order valence-corrected chi connectivity index (χ3v) is 3.16. The van der Waals surface area contributed by atoms with E-state index in [1.54, 1.807) is 31.3 Å². The lowest BCUT2D eigenvalue weighted by Gasteiger charge is -2.08. The summed E-state index contributed by atoms with van der Waals surface area (Å²) in [4.78, 5) is 10.8. The Balaban J connectivity index is 2.26. The zero-order valence-electron chi connectivity index (χ0n) is 11.3. The first-order valence-electron chi connectivity index (χ1n) is 6.45. The van der Waals surface area contributed by atoms with E-state index in [2.05, 4.69) is 11.0 Å². The Morgan fingerprint density at radius 2 is 2.10 bits per heavy atom. The van der Waals surface area contributed by atoms with Gasteiger partial charge in [-0.3, -0.25) is 0 Å². The van der Waals surface area contributed by atoms with Gasteiger partial charge in [0.1, 0.15) is 12.1 Å². The van der Waals surface area contributed by atoms with Crippen LogP contribution in [0.2, 0.25) is 0 Å². The molecular formula is C17H16FNO. The van der Waals surface area contributed by atoms with Crippen LogP contribution in [-0.4, -0.2) is 19.4 Å². The number of aldehydes is 1. The van der Waals surface area contributed by atoms with E-state index in [-0.39, 0.29) is 11.9 Å². The Labute approximate surface area is 118 Å². The molecule has 1 N–H and O–H groups in total. The topological polar surface area (TPSA) is 29.1 Å². The number of halogens is 1. The molecule has 0 radical (unpaired) electrons. The van der Waals surface area contributed by atoms with Gasteiger partial charge in [-0.1, -0.05) is 30.4 Å². The standard InChI is InChI=1S/C17H16FNO/c1-19-15(12-20)11-13-5-4-6-14(10-9-13)16-7-2-3-8-17(16)18/h2-3,5-10,12,15,19H,11H2,1H3. The third-order valence-electron chi connectivity index (χ3n) is 3.16. The molecule has 1 aliphatic rings. The van der Waals surface area contributed by atoms with E-state index >= 15 is 0 Å². The van der Waals surface area contributed by atoms with E-state index in [1.807, 2.05) is 18.2 Å². The van der Waals surface area contributed by atoms with Gasteiger partial charge in [0.25, 0.3) is 0 Å². The molecule has 0 saturated heterocycles. The van der Waals surface area contributed by atoms with Gasteiger partial charge in [-0.2, -0.15) is 0 Å². The van der Waals surface area contributed by atoms with Gasteiger partial charge < -0.3 is 10.1 Å². The summed E-state index contributed by atoms with van der Waals surface area (Å²) in [5.41, 5.74) is 5.31. The van der Waals surface area contributed by atoms with Crippen LogP contribution in [0.5, 0.6) is 0 Å². The van der Waals surface area contributed by atoms with E-state index in [9.17, 15) is 9.18 Å². The Bertz CT molecular complexity index is 622. The molecule has 1 unspecified atom stereocenters. The molecule has 0 heterocycles. The van der Waals surface area contributed by atoms with Crippen molar-refractivity contribution < 1.29 is 9.18 Å². The van der Waals surface area contributed by atoms with Crippen LogP contribution >= 0.6 is 0 Å². The molecule has 1 aliphatic carbocycles. The second-order valence-corrected chi connectivity index (χ2v) is 4.53. The van der Waals surface area contributed by atoms with Gasteiger partial charge in [-0.15, -0.1) is 5.73 Å². The molecule has 0 saturated carbocycles. The lowest BCUT2D eigenvalue weighted by Crippen LogP contribution is -2.26. The molecule has 0 spiro atoms. The molecule has 2 nitrogen and oxygen atoms in total. The SMILES string of the molecule is CNC(C=O)CC1=CC=C(c2ccccc2F)C=C=C1. The maximum atomic E-state index is 13.7. The summed E-state index contributed by atoms with van der Waals surface area (Å²) in [5, 5.41) is 2.92. The van der Waals surface area contributed by atoms with Gasteiger partial charge in [0.15, 0.2) is 0 Å². The number of carbonyl (C=O) groups excluding carboxylic acids is 1. The molecule has 0 fully saturated rings. The lowest BCUT2D eigenvalue weighted by atomic mass is 10.0. The summed E-state index contributed by atoms with van der Waals surface area (Å²) in [6, 6.07) is 6.42. The second kappa shape index (κ2) is 6.80. The van der Waals surface area contributed by atoms with Crippen LogP contribution in [0.3, 0.4) is 0 Å². The Hall–Kier alpha value is -2.22. The molecule has 0 aliphatic heterocycles. The van der Waals surface area contributed by atoms with Crippen molar-refractivity contribution in [3.63, 3.8) is 0 Å². The fraction of sp³-hybridized carbons (Fsp3) is 0.176. The Kier molecular flexibility index (Phi) is 4.83. The van der Waals surface area contributed by atoms with Crippen molar-refractivity contribution in [2.75, 3.05) is 7.05 Å². The van der Waals surface area contributed by atoms with Gasteiger partial charge in [0, 0.05) is 5.56 Å². The van der Waals surface area contributed by atoms with Gasteiger partial charge in [0.2, 0.25) is 0 Å². The van der Waals surface area contributed by atoms with Crippen LogP contribution in [0.15, 0.2) is 59.9 Å². The molecule has 1 aromatic rings. The van der Waals surface area contributed by atoms with Gasteiger partial charge in [-0.05, 0) is 42.8 Å². The molecule has 2 rings (SSSR count). The summed E-state index contributed by atoms with van der Waals surface area (Å²) in [5.74, 6) is -0.255. The van der Waals surface area contributed by atoms with Crippen molar-refractivity contribution >= 4 is 11.9 Å². The van der Waals surface area contributed by atoms with Crippen molar-refractivity contribution in [3.8, 4) is 0 Å². The summed E-state index contributed by atoms with van der Waals surface area (Å²) >= 11 is 0. The minimum absolute atomic E-state index is 0.220. The quantitative estimate of drug-likeness (QED) is 0.657. The number of benzene rings is 1. The zero-order valence-corrected chi connectivity index (χ0v) is 11.3. The van der Waals surface area contributed by atoms with Crippen molar-refractivity contribution in [3.05, 3.63) is 71.3 Å². The van der Waals surface area contributed by atoms with Crippen molar-refractivity contribution in [2.24, 2.45) is 0 Å². The number of likely N-dealkylation sites (N-methyl/N-ethyl adjacent to an activating group) is 1. The first-order valence-corrected chi connectivity index (χ1v) is 6.45. The normalized spacial score (nSPS) is 15.3. The third kappa shape index (κ3) is 3.41. The molecule has 0 bridgehead atoms. The van der Waals surface area contributed by atoms with Gasteiger partial charge in [0.05, 0.1) is 6.04 Å². The maximum Gasteiger partial charge on any atom is 0.137 e. The molecule has 20 heavy (non-hydrogen) atoms. The predicted octanol–water partition coefficient (Wildman–Crippen LogP) is 3.04. The zero-order chi connectivity index (χ0) is 14.4. The van der Waals surface area contributed by atoms with Crippen LogP contribution in [0, 0.1) is 5.82 Å². The Morgan fingerprint density at radius 1 is 1.30 bits per heavy atom. The fourth-order valence-electron chi connectivity index (χ4n) is 1.99. The maximum absolute atomic E-state index is 13.7. The number of hydrogen-bond donors (Lipinski definition) is 1. The summed E-state index contributed by atoms with van der Waals surface area (Å²) in [6.07, 6.45) is 8.77. The van der Waals surface area contributed by atoms with E-state index in [1.165, 1.54) is 6.07 Å². The number of allylic oxidation sites excluding steroid dienone is 4. The summed E-state index contributed by atoms with van der Waals surface area (Å²) in [6.45, 7) is 0. The van der Waals surface area contributed by atoms with E-state index in [0.29, 0.717) is 12.0 Å². The number of nitrogens with one attached hydrogen (secondary N) is 1. The van der Waals surface area contributed by atoms with Crippen molar-refractivity contribution in [1.29, 1.82) is 0 Å². The van der Waals surface area contributed by atoms with Crippen LogP contribution in [0.4, 0.5) is 4.39 Å². The van der Waals surface area contributed by atoms with Crippen LogP contribution in [-0.2, 0) is 4.79 Å². The Morgan fingerprint density at radius 3 is 2.80 bits per heavy atom. The minimum atomic E-state index is -0.255. The average molecular weight is 269 g/mol. The molecular weight excluding hydrogens is 253 g/mol. The van der Waals surface area contributed by atoms with Crippen LogP contribution in [0.25, 0.3) is 5.57 Å². The first kappa shape index (κ1) is 14.2. The molecule has 102 valence electrons. The highest BCUT2D eigenvalue weighted by Crippen LogP contribution is 2.21. The van der Waals surface area contributed by atoms with Gasteiger partial charge >= 0.3 is 0 Å². The fourth-order valence-corrected chi connectivity index (χ4v) is 1.99. The highest BCUT2D eigenvalue weighted by molar-refractivity contribution is 5.76. The molecule has 1 aromatic carbocycles. The number of rotatable bonds is 5. The highest BCUT2D eigenvalue weighted by atomic mass is 19.1. The average Bonchev–Trinajstić information content (AvgIpc) is 2.71. The number of carbonyl (C=O) groups is 1. The molecule has 1 atom stereocenters. The second-order valence-electron chi connectivity index (χ2n) is 4.53. The van der Waals surface area contributed by atoms with E-state index in [0.717, 1.165) is 17.4 Å². The van der Waals surface area contributed by atoms with E-state index < -0.39 is 0 Å². The molecule has 3 heteroatoms. The summed E-state index contributed by atoms with van der Waals surface area (Å²) in [7, 11) is 1.75. The predicted molar refractivity (Wildman–Crippen MR) is 78.6 cm³/mol. The highest BCUT2D eigenvalue weighted by Gasteiger charge is 2.08. The van der Waals surface area contributed by atoms with E-state index in [4.69, 9.17) is 0 Å². The number of hydrogen-bond acceptors (Lipinski definition) is 2. The van der Waals surface area contributed by atoms with Crippen molar-refractivity contribution in [1.82, 2.24) is 5.32 Å².